The lowest BCUT2D eigenvalue weighted by Crippen LogP contribution is -2.30. The van der Waals surface area contributed by atoms with E-state index in [2.05, 4.69) is 5.32 Å². The summed E-state index contributed by atoms with van der Waals surface area (Å²) in [5.74, 6) is 0.0295. The monoisotopic (exact) mass is 231 g/mol. The van der Waals surface area contributed by atoms with Gasteiger partial charge in [0.25, 0.3) is 0 Å². The number of nitrogens with two attached hydrogens (primary N) is 1. The number of carbonyl (C=O) groups is 1. The molecule has 1 atom stereocenters. The zero-order valence-electron chi connectivity index (χ0n) is 10.1. The van der Waals surface area contributed by atoms with Crippen LogP contribution in [-0.4, -0.2) is 17.0 Å². The van der Waals surface area contributed by atoms with Gasteiger partial charge in [-0.05, 0) is 38.1 Å². The minimum Gasteiger partial charge on any atom is -0.399 e. The van der Waals surface area contributed by atoms with Gasteiger partial charge >= 0.3 is 0 Å². The van der Waals surface area contributed by atoms with E-state index >= 15 is 0 Å². The predicted octanol–water partition coefficient (Wildman–Crippen LogP) is 1.92. The molecule has 0 aliphatic carbocycles. The molecule has 0 bridgehead atoms. The number of hydrogen-bond donors (Lipinski definition) is 2. The van der Waals surface area contributed by atoms with Crippen molar-refractivity contribution in [1.29, 1.82) is 0 Å². The summed E-state index contributed by atoms with van der Waals surface area (Å²) >= 11 is 0. The van der Waals surface area contributed by atoms with Gasteiger partial charge in [0.15, 0.2) is 0 Å². The first-order valence-corrected chi connectivity index (χ1v) is 5.77. The highest BCUT2D eigenvalue weighted by Gasteiger charge is 2.15. The third kappa shape index (κ3) is 2.11. The number of anilines is 1. The summed E-state index contributed by atoms with van der Waals surface area (Å²) in [6.07, 6.45) is 1.92. The minimum atomic E-state index is -0.212. The topological polar surface area (TPSA) is 60.0 Å². The van der Waals surface area contributed by atoms with Crippen LogP contribution in [0.15, 0.2) is 30.5 Å². The molecule has 4 nitrogen and oxygen atoms in total. The van der Waals surface area contributed by atoms with Crippen LogP contribution in [-0.2, 0) is 4.79 Å². The second-order valence-electron chi connectivity index (χ2n) is 4.11. The van der Waals surface area contributed by atoms with E-state index in [4.69, 9.17) is 5.73 Å². The molecule has 17 heavy (non-hydrogen) atoms. The number of likely N-dealkylation sites (N-methyl/N-ethyl adjacent to an activating group) is 1. The van der Waals surface area contributed by atoms with Crippen molar-refractivity contribution in [1.82, 2.24) is 9.88 Å². The molecule has 1 heterocycles. The van der Waals surface area contributed by atoms with Crippen LogP contribution in [0.25, 0.3) is 10.9 Å². The van der Waals surface area contributed by atoms with Gasteiger partial charge in [0.1, 0.15) is 6.04 Å². The Morgan fingerprint density at radius 1 is 1.47 bits per heavy atom. The molecule has 0 fully saturated rings. The van der Waals surface area contributed by atoms with Crippen LogP contribution >= 0.6 is 0 Å². The normalized spacial score (nSPS) is 12.6. The maximum atomic E-state index is 11.8. The summed E-state index contributed by atoms with van der Waals surface area (Å²) in [7, 11) is 0. The number of amides is 1. The number of nitrogens with one attached hydrogen (secondary N) is 1. The van der Waals surface area contributed by atoms with Crippen molar-refractivity contribution in [2.45, 2.75) is 19.9 Å². The van der Waals surface area contributed by atoms with E-state index in [0.717, 1.165) is 16.6 Å². The molecule has 0 saturated carbocycles. The maximum absolute atomic E-state index is 11.8. The molecule has 90 valence electrons. The van der Waals surface area contributed by atoms with Crippen LogP contribution in [0.5, 0.6) is 0 Å². The number of nitrogen functional groups attached to an aromatic ring is 1. The van der Waals surface area contributed by atoms with Gasteiger partial charge in [-0.3, -0.25) is 4.79 Å². The Kier molecular flexibility index (Phi) is 3.04. The quantitative estimate of drug-likeness (QED) is 0.793. The average molecular weight is 231 g/mol. The Bertz CT molecular complexity index is 545. The highest BCUT2D eigenvalue weighted by atomic mass is 16.2. The average Bonchev–Trinajstić information content (AvgIpc) is 2.71. The van der Waals surface area contributed by atoms with Crippen LogP contribution in [0.2, 0.25) is 0 Å². The van der Waals surface area contributed by atoms with Crippen LogP contribution in [0.3, 0.4) is 0 Å². The molecule has 0 spiro atoms. The Morgan fingerprint density at radius 3 is 2.94 bits per heavy atom. The van der Waals surface area contributed by atoms with Crippen LogP contribution < -0.4 is 11.1 Å². The van der Waals surface area contributed by atoms with Crippen molar-refractivity contribution >= 4 is 22.5 Å². The standard InChI is InChI=1S/C13H17N3O/c1-3-15-13(17)9(2)16-7-6-10-8-11(14)4-5-12(10)16/h4-9H,3,14H2,1-2H3,(H,15,17). The molecule has 0 aliphatic heterocycles. The van der Waals surface area contributed by atoms with Crippen LogP contribution in [0.1, 0.15) is 19.9 Å². The van der Waals surface area contributed by atoms with Gasteiger partial charge < -0.3 is 15.6 Å². The van der Waals surface area contributed by atoms with Crippen LogP contribution in [0.4, 0.5) is 5.69 Å². The summed E-state index contributed by atoms with van der Waals surface area (Å²) < 4.78 is 1.96. The molecule has 0 aliphatic rings. The first kappa shape index (κ1) is 11.5. The van der Waals surface area contributed by atoms with Gasteiger partial charge in [-0.2, -0.15) is 0 Å². The number of carbonyl (C=O) groups excluding carboxylic acids is 1. The van der Waals surface area contributed by atoms with E-state index in [1.165, 1.54) is 0 Å². The Morgan fingerprint density at radius 2 is 2.24 bits per heavy atom. The van der Waals surface area contributed by atoms with Crippen molar-refractivity contribution in [3.63, 3.8) is 0 Å². The molecule has 4 heteroatoms. The second kappa shape index (κ2) is 4.49. The SMILES string of the molecule is CCNC(=O)C(C)n1ccc2cc(N)ccc21. The molecule has 0 radical (unpaired) electrons. The van der Waals surface area contributed by atoms with E-state index in [1.807, 2.05) is 48.9 Å². The molecule has 1 aromatic heterocycles. The third-order valence-electron chi connectivity index (χ3n) is 2.89. The zero-order chi connectivity index (χ0) is 12.4. The molecule has 2 rings (SSSR count). The molecule has 3 N–H and O–H groups in total. The summed E-state index contributed by atoms with van der Waals surface area (Å²) in [4.78, 5) is 11.8. The first-order chi connectivity index (χ1) is 8.13. The molecular formula is C13H17N3O. The summed E-state index contributed by atoms with van der Waals surface area (Å²) in [6, 6.07) is 7.47. The minimum absolute atomic E-state index is 0.0295. The van der Waals surface area contributed by atoms with Gasteiger partial charge in [-0.1, -0.05) is 0 Å². The van der Waals surface area contributed by atoms with Crippen molar-refractivity contribution in [2.24, 2.45) is 0 Å². The van der Waals surface area contributed by atoms with Gasteiger partial charge in [0.05, 0.1) is 0 Å². The fourth-order valence-corrected chi connectivity index (χ4v) is 1.97. The van der Waals surface area contributed by atoms with E-state index in [1.54, 1.807) is 0 Å². The fraction of sp³-hybridized carbons (Fsp3) is 0.308. The number of benzene rings is 1. The number of hydrogen-bond acceptors (Lipinski definition) is 2. The molecular weight excluding hydrogens is 214 g/mol. The second-order valence-corrected chi connectivity index (χ2v) is 4.11. The zero-order valence-corrected chi connectivity index (χ0v) is 10.1. The smallest absolute Gasteiger partial charge is 0.242 e. The molecule has 0 saturated heterocycles. The Balaban J connectivity index is 2.39. The molecule has 2 aromatic rings. The van der Waals surface area contributed by atoms with Crippen molar-refractivity contribution in [3.8, 4) is 0 Å². The lowest BCUT2D eigenvalue weighted by atomic mass is 10.2. The number of nitrogens with zero attached hydrogens (tertiary/aromatic N) is 1. The Labute approximate surface area is 100 Å². The number of rotatable bonds is 3. The van der Waals surface area contributed by atoms with E-state index in [-0.39, 0.29) is 11.9 Å². The largest absolute Gasteiger partial charge is 0.399 e. The molecule has 1 aromatic carbocycles. The fourth-order valence-electron chi connectivity index (χ4n) is 1.97. The molecule has 1 amide bonds. The van der Waals surface area contributed by atoms with Gasteiger partial charge in [-0.25, -0.2) is 0 Å². The van der Waals surface area contributed by atoms with E-state index in [0.29, 0.717) is 6.54 Å². The van der Waals surface area contributed by atoms with Gasteiger partial charge in [0, 0.05) is 29.3 Å². The summed E-state index contributed by atoms with van der Waals surface area (Å²) in [5, 5.41) is 3.88. The highest BCUT2D eigenvalue weighted by Crippen LogP contribution is 2.22. The van der Waals surface area contributed by atoms with Crippen molar-refractivity contribution in [2.75, 3.05) is 12.3 Å². The summed E-state index contributed by atoms with van der Waals surface area (Å²) in [5.41, 5.74) is 7.49. The lowest BCUT2D eigenvalue weighted by Gasteiger charge is -2.14. The third-order valence-corrected chi connectivity index (χ3v) is 2.89. The van der Waals surface area contributed by atoms with E-state index < -0.39 is 0 Å². The van der Waals surface area contributed by atoms with Gasteiger partial charge in [-0.15, -0.1) is 0 Å². The summed E-state index contributed by atoms with van der Waals surface area (Å²) in [6.45, 7) is 4.45. The van der Waals surface area contributed by atoms with Gasteiger partial charge in [0.2, 0.25) is 5.91 Å². The predicted molar refractivity (Wildman–Crippen MR) is 69.7 cm³/mol. The van der Waals surface area contributed by atoms with Crippen molar-refractivity contribution < 1.29 is 4.79 Å². The molecule has 1 unspecified atom stereocenters. The van der Waals surface area contributed by atoms with Crippen LogP contribution in [0, 0.1) is 0 Å². The van der Waals surface area contributed by atoms with Crippen molar-refractivity contribution in [3.05, 3.63) is 30.5 Å². The Hall–Kier alpha value is -1.97. The van der Waals surface area contributed by atoms with E-state index in [9.17, 15) is 4.79 Å². The maximum Gasteiger partial charge on any atom is 0.242 e. The lowest BCUT2D eigenvalue weighted by molar-refractivity contribution is -0.123. The number of fused-ring (bicyclic) bond motifs is 1. The number of aromatic nitrogens is 1. The first-order valence-electron chi connectivity index (χ1n) is 5.77. The highest BCUT2D eigenvalue weighted by molar-refractivity contribution is 5.87.